The average Bonchev–Trinajstić information content (AvgIpc) is 2.41. The van der Waals surface area contributed by atoms with E-state index >= 15 is 0 Å². The number of fused-ring (bicyclic) bond motifs is 1. The highest BCUT2D eigenvalue weighted by Gasteiger charge is 2.16. The van der Waals surface area contributed by atoms with Crippen LogP contribution in [0.1, 0.15) is 63.9 Å². The molecule has 18 heavy (non-hydrogen) atoms. The highest BCUT2D eigenvalue weighted by molar-refractivity contribution is 5.42. The minimum Gasteiger partial charge on any atom is -0.477 e. The maximum absolute atomic E-state index is 5.53. The predicted molar refractivity (Wildman–Crippen MR) is 81.7 cm³/mol. The van der Waals surface area contributed by atoms with Crippen LogP contribution in [0.25, 0.3) is 0 Å². The summed E-state index contributed by atoms with van der Waals surface area (Å²) in [5, 5.41) is 0. The number of pyridine rings is 1. The Bertz CT molecular complexity index is 345. The fourth-order valence-corrected chi connectivity index (χ4v) is 1.79. The fraction of sp³-hybridized carbons (Fsp3) is 0.688. The van der Waals surface area contributed by atoms with Gasteiger partial charge in [0.05, 0.1) is 6.61 Å². The zero-order valence-electron chi connectivity index (χ0n) is 12.5. The van der Waals surface area contributed by atoms with E-state index < -0.39 is 0 Å². The van der Waals surface area contributed by atoms with Gasteiger partial charge in [-0.25, -0.2) is 4.98 Å². The summed E-state index contributed by atoms with van der Waals surface area (Å²) >= 11 is 0. The predicted octanol–water partition coefficient (Wildman–Crippen LogP) is 5.02. The Balaban J connectivity index is 0. The van der Waals surface area contributed by atoms with E-state index in [1.165, 1.54) is 16.7 Å². The van der Waals surface area contributed by atoms with Crippen LogP contribution in [0.2, 0.25) is 0 Å². The first-order valence-corrected chi connectivity index (χ1v) is 6.79. The Kier molecular flexibility index (Phi) is 10.6. The van der Waals surface area contributed by atoms with Gasteiger partial charge in [-0.1, -0.05) is 35.1 Å². The molecule has 2 nitrogen and oxygen atoms in total. The van der Waals surface area contributed by atoms with Crippen LogP contribution >= 0.6 is 0 Å². The van der Waals surface area contributed by atoms with Crippen LogP contribution in [-0.2, 0) is 6.42 Å². The van der Waals surface area contributed by atoms with Crippen LogP contribution in [0.15, 0.2) is 0 Å². The molecule has 2 heteroatoms. The lowest BCUT2D eigenvalue weighted by Crippen LogP contribution is -2.13. The topological polar surface area (TPSA) is 22.1 Å². The van der Waals surface area contributed by atoms with Crippen LogP contribution in [-0.4, -0.2) is 11.6 Å². The van der Waals surface area contributed by atoms with Crippen molar-refractivity contribution in [1.29, 1.82) is 0 Å². The molecule has 1 aromatic rings. The summed E-state index contributed by atoms with van der Waals surface area (Å²) in [4.78, 5) is 4.45. The van der Waals surface area contributed by atoms with E-state index in [9.17, 15) is 0 Å². The minimum atomic E-state index is 0. The van der Waals surface area contributed by atoms with E-state index in [1.54, 1.807) is 0 Å². The van der Waals surface area contributed by atoms with Crippen molar-refractivity contribution in [3.63, 3.8) is 0 Å². The number of hydrogen-bond acceptors (Lipinski definition) is 2. The largest absolute Gasteiger partial charge is 0.477 e. The van der Waals surface area contributed by atoms with Gasteiger partial charge >= 0.3 is 0 Å². The van der Waals surface area contributed by atoms with Crippen LogP contribution in [0.4, 0.5) is 0 Å². The number of aromatic nitrogens is 1. The molecular weight excluding hydrogens is 222 g/mol. The molecule has 0 spiro atoms. The van der Waals surface area contributed by atoms with Crippen molar-refractivity contribution >= 4 is 0 Å². The summed E-state index contributed by atoms with van der Waals surface area (Å²) in [7, 11) is 0. The van der Waals surface area contributed by atoms with Crippen molar-refractivity contribution in [2.24, 2.45) is 0 Å². The smallest absolute Gasteiger partial charge is 0.217 e. The lowest BCUT2D eigenvalue weighted by Gasteiger charge is -2.20. The van der Waals surface area contributed by atoms with Crippen LogP contribution in [0.5, 0.6) is 5.88 Å². The molecule has 1 aliphatic heterocycles. The molecule has 0 bridgehead atoms. The molecule has 0 amide bonds. The third-order valence-electron chi connectivity index (χ3n) is 2.90. The number of ether oxygens (including phenoxy) is 1. The first-order valence-electron chi connectivity index (χ1n) is 6.79. The third-order valence-corrected chi connectivity index (χ3v) is 2.90. The van der Waals surface area contributed by atoms with Gasteiger partial charge in [-0.3, -0.25) is 0 Å². The third kappa shape index (κ3) is 4.32. The lowest BCUT2D eigenvalue weighted by molar-refractivity contribution is 0.275. The molecule has 0 aliphatic carbocycles. The van der Waals surface area contributed by atoms with Crippen LogP contribution in [0, 0.1) is 20.8 Å². The molecule has 2 heterocycles. The molecule has 0 aromatic carbocycles. The van der Waals surface area contributed by atoms with Crippen LogP contribution < -0.4 is 4.74 Å². The standard InChI is InChI=1S/C11H15NO.2C2H6.CH4/c1-7-8(2)10-5-4-6-13-11(10)12-9(7)3;2*1-2;/h4-6H2,1-3H3;2*1-2H3;1H4. The fourth-order valence-electron chi connectivity index (χ4n) is 1.79. The second-order valence-electron chi connectivity index (χ2n) is 3.68. The first kappa shape index (κ1) is 19.3. The molecule has 0 atom stereocenters. The maximum Gasteiger partial charge on any atom is 0.217 e. The molecule has 0 saturated heterocycles. The van der Waals surface area contributed by atoms with E-state index in [0.29, 0.717) is 0 Å². The van der Waals surface area contributed by atoms with Crippen molar-refractivity contribution in [3.05, 3.63) is 22.4 Å². The molecule has 0 fully saturated rings. The van der Waals surface area contributed by atoms with E-state index in [2.05, 4.69) is 18.8 Å². The molecule has 0 saturated carbocycles. The molecule has 1 aromatic heterocycles. The summed E-state index contributed by atoms with van der Waals surface area (Å²) in [6, 6.07) is 0. The molecule has 1 aliphatic rings. The zero-order chi connectivity index (χ0) is 13.4. The van der Waals surface area contributed by atoms with Gasteiger partial charge in [0, 0.05) is 11.3 Å². The quantitative estimate of drug-likeness (QED) is 0.647. The number of rotatable bonds is 0. The molecule has 0 unspecified atom stereocenters. The Morgan fingerprint density at radius 3 is 2.06 bits per heavy atom. The number of hydrogen-bond donors (Lipinski definition) is 0. The van der Waals surface area contributed by atoms with Crippen LogP contribution in [0.3, 0.4) is 0 Å². The highest BCUT2D eigenvalue weighted by atomic mass is 16.5. The SMILES string of the molecule is C.CC.CC.Cc1nc2c(c(C)c1C)CCCO2. The average molecular weight is 253 g/mol. The summed E-state index contributed by atoms with van der Waals surface area (Å²) in [6.07, 6.45) is 2.24. The Morgan fingerprint density at radius 1 is 0.944 bits per heavy atom. The second kappa shape index (κ2) is 9.93. The van der Waals surface area contributed by atoms with Crippen molar-refractivity contribution in [2.45, 2.75) is 68.7 Å². The molecule has 106 valence electrons. The lowest BCUT2D eigenvalue weighted by atomic mass is 9.99. The molecule has 0 radical (unpaired) electrons. The monoisotopic (exact) mass is 253 g/mol. The van der Waals surface area contributed by atoms with Gasteiger partial charge in [0.15, 0.2) is 0 Å². The van der Waals surface area contributed by atoms with Crippen molar-refractivity contribution in [1.82, 2.24) is 4.98 Å². The summed E-state index contributed by atoms with van der Waals surface area (Å²) in [5.41, 5.74) is 5.08. The normalized spacial score (nSPS) is 11.5. The van der Waals surface area contributed by atoms with Gasteiger partial charge in [-0.15, -0.1) is 0 Å². The molecule has 0 N–H and O–H groups in total. The number of aryl methyl sites for hydroxylation is 1. The Hall–Kier alpha value is -1.05. The van der Waals surface area contributed by atoms with Gasteiger partial charge in [0.25, 0.3) is 0 Å². The minimum absolute atomic E-state index is 0. The van der Waals surface area contributed by atoms with Gasteiger partial charge < -0.3 is 4.74 Å². The molecular formula is C16H31NO. The Morgan fingerprint density at radius 2 is 1.50 bits per heavy atom. The summed E-state index contributed by atoms with van der Waals surface area (Å²) < 4.78 is 5.53. The van der Waals surface area contributed by atoms with E-state index in [0.717, 1.165) is 31.0 Å². The van der Waals surface area contributed by atoms with Crippen molar-refractivity contribution in [3.8, 4) is 5.88 Å². The number of nitrogens with zero attached hydrogens (tertiary/aromatic N) is 1. The van der Waals surface area contributed by atoms with E-state index in [4.69, 9.17) is 4.74 Å². The summed E-state index contributed by atoms with van der Waals surface area (Å²) in [6.45, 7) is 15.2. The highest BCUT2D eigenvalue weighted by Crippen LogP contribution is 2.28. The van der Waals surface area contributed by atoms with Gasteiger partial charge in [-0.2, -0.15) is 0 Å². The van der Waals surface area contributed by atoms with Crippen molar-refractivity contribution < 1.29 is 4.74 Å². The summed E-state index contributed by atoms with van der Waals surface area (Å²) in [5.74, 6) is 0.867. The van der Waals surface area contributed by atoms with E-state index in [1.807, 2.05) is 34.6 Å². The first-order chi connectivity index (χ1) is 8.20. The van der Waals surface area contributed by atoms with Gasteiger partial charge in [-0.05, 0) is 44.7 Å². The molecule has 2 rings (SSSR count). The van der Waals surface area contributed by atoms with Crippen molar-refractivity contribution in [2.75, 3.05) is 6.61 Å². The van der Waals surface area contributed by atoms with E-state index in [-0.39, 0.29) is 7.43 Å². The second-order valence-corrected chi connectivity index (χ2v) is 3.68. The Labute approximate surface area is 114 Å². The zero-order valence-corrected chi connectivity index (χ0v) is 12.5. The van der Waals surface area contributed by atoms with Gasteiger partial charge in [0.1, 0.15) is 0 Å². The van der Waals surface area contributed by atoms with Gasteiger partial charge in [0.2, 0.25) is 5.88 Å². The maximum atomic E-state index is 5.53.